The number of halogens is 1. The van der Waals surface area contributed by atoms with Crippen LogP contribution in [0, 0.1) is 0 Å². The van der Waals surface area contributed by atoms with Crippen LogP contribution in [0.2, 0.25) is 0 Å². The number of benzene rings is 2. The number of carboxylic acid groups (broad SMARTS) is 2. The summed E-state index contributed by atoms with van der Waals surface area (Å²) in [5, 5.41) is 18.1. The van der Waals surface area contributed by atoms with E-state index in [9.17, 15) is 0 Å². The van der Waals surface area contributed by atoms with Crippen molar-refractivity contribution in [2.24, 2.45) is 0 Å². The van der Waals surface area contributed by atoms with E-state index in [1.165, 1.54) is 0 Å². The Morgan fingerprint density at radius 2 is 1.52 bits per heavy atom. The summed E-state index contributed by atoms with van der Waals surface area (Å²) in [5.41, 5.74) is 2.22. The number of ether oxygens (including phenoxy) is 2. The Morgan fingerprint density at radius 1 is 0.960 bits per heavy atom. The van der Waals surface area contributed by atoms with E-state index in [0.717, 1.165) is 33.8 Å². The standard InChI is InChI=1S/C15H16BrNO2.C2H2O4/c1-18-14-8-3-11(9-15(14)19-2)10-17-13-6-4-12(16)5-7-13;3-1(4)2(5)6/h3-9,17H,10H2,1-2H3;(H,3,4)(H,5,6). The monoisotopic (exact) mass is 411 g/mol. The number of carboxylic acids is 2. The number of methoxy groups -OCH3 is 2. The van der Waals surface area contributed by atoms with Gasteiger partial charge in [0, 0.05) is 16.7 Å². The van der Waals surface area contributed by atoms with Gasteiger partial charge in [-0.2, -0.15) is 0 Å². The highest BCUT2D eigenvalue weighted by atomic mass is 79.9. The predicted octanol–water partition coefficient (Wildman–Crippen LogP) is 3.23. The summed E-state index contributed by atoms with van der Waals surface area (Å²) >= 11 is 3.42. The number of hydrogen-bond donors (Lipinski definition) is 3. The smallest absolute Gasteiger partial charge is 0.414 e. The van der Waals surface area contributed by atoms with Crippen molar-refractivity contribution in [2.75, 3.05) is 19.5 Å². The Bertz CT molecular complexity index is 706. The minimum atomic E-state index is -1.82. The number of anilines is 1. The van der Waals surface area contributed by atoms with Crippen LogP contribution in [0.15, 0.2) is 46.9 Å². The molecule has 134 valence electrons. The molecule has 2 aromatic rings. The Kier molecular flexibility index (Phi) is 8.28. The third-order valence-corrected chi connectivity index (χ3v) is 3.50. The maximum Gasteiger partial charge on any atom is 0.414 e. The molecule has 3 N–H and O–H groups in total. The maximum atomic E-state index is 9.10. The van der Waals surface area contributed by atoms with Crippen LogP contribution < -0.4 is 14.8 Å². The first-order chi connectivity index (χ1) is 11.9. The molecule has 8 heteroatoms. The SMILES string of the molecule is COc1ccc(CNc2ccc(Br)cc2)cc1OC.O=C(O)C(=O)O. The topological polar surface area (TPSA) is 105 Å². The number of nitrogens with one attached hydrogen (secondary N) is 1. The second-order valence-electron chi connectivity index (χ2n) is 4.66. The van der Waals surface area contributed by atoms with Crippen LogP contribution in [0.1, 0.15) is 5.56 Å². The predicted molar refractivity (Wildman–Crippen MR) is 96.3 cm³/mol. The van der Waals surface area contributed by atoms with Crippen LogP contribution in [0.3, 0.4) is 0 Å². The molecule has 0 bridgehead atoms. The highest BCUT2D eigenvalue weighted by Gasteiger charge is 2.04. The zero-order chi connectivity index (χ0) is 18.8. The molecule has 2 rings (SSSR count). The summed E-state index contributed by atoms with van der Waals surface area (Å²) in [7, 11) is 3.28. The number of carbonyl (C=O) groups is 2. The molecular weight excluding hydrogens is 394 g/mol. The summed E-state index contributed by atoms with van der Waals surface area (Å²) < 4.78 is 11.6. The fourth-order valence-electron chi connectivity index (χ4n) is 1.76. The molecule has 0 aliphatic rings. The Labute approximate surface area is 153 Å². The normalized spacial score (nSPS) is 9.40. The first kappa shape index (κ1) is 20.3. The lowest BCUT2D eigenvalue weighted by atomic mass is 10.2. The molecule has 0 heterocycles. The van der Waals surface area contributed by atoms with E-state index in [1.807, 2.05) is 42.5 Å². The quantitative estimate of drug-likeness (QED) is 0.648. The first-order valence-corrected chi connectivity index (χ1v) is 7.83. The van der Waals surface area contributed by atoms with Gasteiger partial charge >= 0.3 is 11.9 Å². The van der Waals surface area contributed by atoms with Crippen molar-refractivity contribution in [3.63, 3.8) is 0 Å². The van der Waals surface area contributed by atoms with Gasteiger partial charge in [0.05, 0.1) is 14.2 Å². The highest BCUT2D eigenvalue weighted by Crippen LogP contribution is 2.27. The van der Waals surface area contributed by atoms with E-state index in [-0.39, 0.29) is 0 Å². The van der Waals surface area contributed by atoms with Crippen LogP contribution >= 0.6 is 15.9 Å². The molecule has 0 amide bonds. The zero-order valence-electron chi connectivity index (χ0n) is 13.7. The van der Waals surface area contributed by atoms with Gasteiger partial charge in [-0.25, -0.2) is 9.59 Å². The van der Waals surface area contributed by atoms with Crippen molar-refractivity contribution in [2.45, 2.75) is 6.54 Å². The van der Waals surface area contributed by atoms with Crippen molar-refractivity contribution in [1.82, 2.24) is 0 Å². The van der Waals surface area contributed by atoms with E-state index < -0.39 is 11.9 Å². The van der Waals surface area contributed by atoms with Gasteiger partial charge in [0.1, 0.15) is 0 Å². The average Bonchev–Trinajstić information content (AvgIpc) is 2.61. The third-order valence-electron chi connectivity index (χ3n) is 2.97. The van der Waals surface area contributed by atoms with Crippen LogP contribution in [0.25, 0.3) is 0 Å². The van der Waals surface area contributed by atoms with Crippen molar-refractivity contribution in [1.29, 1.82) is 0 Å². The molecule has 0 radical (unpaired) electrons. The molecule has 0 atom stereocenters. The lowest BCUT2D eigenvalue weighted by Crippen LogP contribution is -2.09. The van der Waals surface area contributed by atoms with Crippen molar-refractivity contribution in [3.8, 4) is 11.5 Å². The third kappa shape index (κ3) is 7.13. The lowest BCUT2D eigenvalue weighted by Gasteiger charge is -2.11. The van der Waals surface area contributed by atoms with Gasteiger partial charge in [0.25, 0.3) is 0 Å². The second kappa shape index (κ2) is 10.2. The van der Waals surface area contributed by atoms with Gasteiger partial charge in [0.15, 0.2) is 11.5 Å². The second-order valence-corrected chi connectivity index (χ2v) is 5.58. The summed E-state index contributed by atoms with van der Waals surface area (Å²) in [6, 6.07) is 14.0. The minimum absolute atomic E-state index is 0.738. The van der Waals surface area contributed by atoms with Gasteiger partial charge in [-0.3, -0.25) is 0 Å². The average molecular weight is 412 g/mol. The van der Waals surface area contributed by atoms with Crippen LogP contribution in [-0.4, -0.2) is 36.4 Å². The summed E-state index contributed by atoms with van der Waals surface area (Å²) in [6.45, 7) is 0.738. The van der Waals surface area contributed by atoms with Crippen molar-refractivity contribution in [3.05, 3.63) is 52.5 Å². The molecule has 0 unspecified atom stereocenters. The van der Waals surface area contributed by atoms with E-state index in [0.29, 0.717) is 0 Å². The molecule has 0 saturated heterocycles. The Morgan fingerprint density at radius 3 is 2.00 bits per heavy atom. The number of hydrogen-bond acceptors (Lipinski definition) is 5. The van der Waals surface area contributed by atoms with E-state index in [1.54, 1.807) is 14.2 Å². The van der Waals surface area contributed by atoms with E-state index >= 15 is 0 Å². The van der Waals surface area contributed by atoms with Gasteiger partial charge in [-0.15, -0.1) is 0 Å². The minimum Gasteiger partial charge on any atom is -0.493 e. The van der Waals surface area contributed by atoms with Gasteiger partial charge in [-0.1, -0.05) is 22.0 Å². The molecule has 0 fully saturated rings. The fraction of sp³-hybridized carbons (Fsp3) is 0.176. The van der Waals surface area contributed by atoms with Gasteiger partial charge in [0.2, 0.25) is 0 Å². The molecule has 0 aliphatic carbocycles. The molecule has 2 aromatic carbocycles. The summed E-state index contributed by atoms with van der Waals surface area (Å²) in [5.74, 6) is -2.16. The molecule has 25 heavy (non-hydrogen) atoms. The summed E-state index contributed by atoms with van der Waals surface area (Å²) in [6.07, 6.45) is 0. The summed E-state index contributed by atoms with van der Waals surface area (Å²) in [4.78, 5) is 18.2. The first-order valence-electron chi connectivity index (χ1n) is 7.04. The molecule has 0 saturated carbocycles. The van der Waals surface area contributed by atoms with E-state index in [4.69, 9.17) is 29.3 Å². The Hall–Kier alpha value is -2.74. The molecular formula is C17H18BrNO6. The zero-order valence-corrected chi connectivity index (χ0v) is 15.2. The van der Waals surface area contributed by atoms with Crippen molar-refractivity contribution >= 4 is 33.6 Å². The maximum absolute atomic E-state index is 9.10. The number of aliphatic carboxylic acids is 2. The van der Waals surface area contributed by atoms with Gasteiger partial charge in [-0.05, 0) is 42.0 Å². The Balaban J connectivity index is 0.000000450. The molecule has 0 spiro atoms. The van der Waals surface area contributed by atoms with Crippen LogP contribution in [-0.2, 0) is 16.1 Å². The number of rotatable bonds is 5. The molecule has 7 nitrogen and oxygen atoms in total. The van der Waals surface area contributed by atoms with Crippen LogP contribution in [0.4, 0.5) is 5.69 Å². The lowest BCUT2D eigenvalue weighted by molar-refractivity contribution is -0.159. The highest BCUT2D eigenvalue weighted by molar-refractivity contribution is 9.10. The van der Waals surface area contributed by atoms with Crippen molar-refractivity contribution < 1.29 is 29.3 Å². The molecule has 0 aliphatic heterocycles. The van der Waals surface area contributed by atoms with E-state index in [2.05, 4.69) is 21.2 Å². The largest absolute Gasteiger partial charge is 0.493 e. The fourth-order valence-corrected chi connectivity index (χ4v) is 2.03. The van der Waals surface area contributed by atoms with Crippen LogP contribution in [0.5, 0.6) is 11.5 Å². The molecule has 0 aromatic heterocycles. The van der Waals surface area contributed by atoms with Gasteiger partial charge < -0.3 is 25.0 Å².